The fraction of sp³-hybridized carbons (Fsp3) is 0.632. The van der Waals surface area contributed by atoms with Crippen molar-refractivity contribution in [2.24, 2.45) is 10.7 Å². The Labute approximate surface area is 162 Å². The van der Waals surface area contributed by atoms with Crippen molar-refractivity contribution in [3.63, 3.8) is 0 Å². The van der Waals surface area contributed by atoms with Gasteiger partial charge in [0.05, 0.1) is 13.7 Å². The van der Waals surface area contributed by atoms with E-state index in [2.05, 4.69) is 36.2 Å². The standard InChI is InChI=1S/C19H29N3O.HI/c1-22(16-8-9-16)18(20)21-14-19(12-4-3-5-13-19)15-6-10-17(23-2)11-7-15;/h6-7,10-11,16H,3-5,8-9,12-14H2,1-2H3,(H2,20,21);1H. The number of ether oxygens (including phenoxy) is 1. The Morgan fingerprint density at radius 1 is 1.21 bits per heavy atom. The number of nitrogens with two attached hydrogens (primary N) is 1. The van der Waals surface area contributed by atoms with E-state index in [0.29, 0.717) is 12.0 Å². The van der Waals surface area contributed by atoms with Crippen molar-refractivity contribution in [1.29, 1.82) is 0 Å². The molecule has 5 heteroatoms. The number of hydrogen-bond donors (Lipinski definition) is 1. The first-order chi connectivity index (χ1) is 11.1. The minimum absolute atomic E-state index is 0. The molecule has 0 amide bonds. The lowest BCUT2D eigenvalue weighted by molar-refractivity contribution is 0.299. The number of halogens is 1. The van der Waals surface area contributed by atoms with Crippen molar-refractivity contribution >= 4 is 29.9 Å². The fourth-order valence-electron chi connectivity index (χ4n) is 3.70. The molecule has 1 aromatic carbocycles. The van der Waals surface area contributed by atoms with E-state index in [9.17, 15) is 0 Å². The Balaban J connectivity index is 0.00000208. The number of aliphatic imine (C=N–C) groups is 1. The lowest BCUT2D eigenvalue weighted by Gasteiger charge is -2.37. The molecule has 2 aliphatic rings. The van der Waals surface area contributed by atoms with E-state index in [4.69, 9.17) is 15.5 Å². The van der Waals surface area contributed by atoms with Crippen molar-refractivity contribution in [3.8, 4) is 5.75 Å². The van der Waals surface area contributed by atoms with E-state index < -0.39 is 0 Å². The summed E-state index contributed by atoms with van der Waals surface area (Å²) in [4.78, 5) is 6.93. The van der Waals surface area contributed by atoms with Gasteiger partial charge >= 0.3 is 0 Å². The topological polar surface area (TPSA) is 50.9 Å². The van der Waals surface area contributed by atoms with Gasteiger partial charge in [0.25, 0.3) is 0 Å². The van der Waals surface area contributed by atoms with E-state index >= 15 is 0 Å². The van der Waals surface area contributed by atoms with Gasteiger partial charge in [-0.25, -0.2) is 0 Å². The highest BCUT2D eigenvalue weighted by molar-refractivity contribution is 14.0. The number of rotatable bonds is 5. The summed E-state index contributed by atoms with van der Waals surface area (Å²) in [6, 6.07) is 9.16. The molecular formula is C19H30IN3O. The maximum atomic E-state index is 6.21. The molecule has 2 fully saturated rings. The van der Waals surface area contributed by atoms with Crippen LogP contribution in [0.15, 0.2) is 29.3 Å². The quantitative estimate of drug-likeness (QED) is 0.427. The van der Waals surface area contributed by atoms with Gasteiger partial charge in [-0.1, -0.05) is 31.4 Å². The number of hydrogen-bond acceptors (Lipinski definition) is 2. The molecule has 1 aromatic rings. The van der Waals surface area contributed by atoms with Crippen LogP contribution in [0, 0.1) is 0 Å². The third kappa shape index (κ3) is 4.35. The Morgan fingerprint density at radius 2 is 1.83 bits per heavy atom. The van der Waals surface area contributed by atoms with Crippen molar-refractivity contribution < 1.29 is 4.74 Å². The maximum absolute atomic E-state index is 6.21. The van der Waals surface area contributed by atoms with Gasteiger partial charge in [0.2, 0.25) is 0 Å². The molecule has 0 aliphatic heterocycles. The molecule has 24 heavy (non-hydrogen) atoms. The van der Waals surface area contributed by atoms with E-state index in [1.807, 2.05) is 0 Å². The number of guanidine groups is 1. The highest BCUT2D eigenvalue weighted by Crippen LogP contribution is 2.40. The van der Waals surface area contributed by atoms with Gasteiger partial charge in [0.1, 0.15) is 5.75 Å². The zero-order chi connectivity index (χ0) is 16.3. The minimum atomic E-state index is 0. The van der Waals surface area contributed by atoms with Gasteiger partial charge in [-0.15, -0.1) is 24.0 Å². The van der Waals surface area contributed by atoms with E-state index in [0.717, 1.165) is 12.3 Å². The Morgan fingerprint density at radius 3 is 2.38 bits per heavy atom. The molecule has 0 saturated heterocycles. The number of methoxy groups -OCH3 is 1. The smallest absolute Gasteiger partial charge is 0.191 e. The van der Waals surface area contributed by atoms with Gasteiger partial charge < -0.3 is 15.4 Å². The lowest BCUT2D eigenvalue weighted by Crippen LogP contribution is -2.38. The Kier molecular flexibility index (Phi) is 6.78. The predicted octanol–water partition coefficient (Wildman–Crippen LogP) is 3.92. The summed E-state index contributed by atoms with van der Waals surface area (Å²) in [6.45, 7) is 0.794. The van der Waals surface area contributed by atoms with Crippen molar-refractivity contribution in [2.75, 3.05) is 20.7 Å². The molecule has 0 unspecified atom stereocenters. The van der Waals surface area contributed by atoms with Gasteiger partial charge in [0, 0.05) is 18.5 Å². The molecule has 4 nitrogen and oxygen atoms in total. The van der Waals surface area contributed by atoms with Crippen LogP contribution in [0.4, 0.5) is 0 Å². The third-order valence-corrected chi connectivity index (χ3v) is 5.51. The summed E-state index contributed by atoms with van der Waals surface area (Å²) in [7, 11) is 3.78. The lowest BCUT2D eigenvalue weighted by atomic mass is 9.69. The first-order valence-corrected chi connectivity index (χ1v) is 8.82. The third-order valence-electron chi connectivity index (χ3n) is 5.51. The summed E-state index contributed by atoms with van der Waals surface area (Å²) in [5.41, 5.74) is 7.73. The number of nitrogens with zero attached hydrogens (tertiary/aromatic N) is 2. The van der Waals surface area contributed by atoms with Gasteiger partial charge in [-0.2, -0.15) is 0 Å². The van der Waals surface area contributed by atoms with Crippen LogP contribution < -0.4 is 10.5 Å². The van der Waals surface area contributed by atoms with Crippen LogP contribution in [0.1, 0.15) is 50.5 Å². The predicted molar refractivity (Wildman–Crippen MR) is 110 cm³/mol. The molecule has 2 aliphatic carbocycles. The van der Waals surface area contributed by atoms with Crippen LogP contribution in [0.2, 0.25) is 0 Å². The fourth-order valence-corrected chi connectivity index (χ4v) is 3.70. The second-order valence-corrected chi connectivity index (χ2v) is 7.09. The summed E-state index contributed by atoms with van der Waals surface area (Å²) in [5.74, 6) is 1.61. The van der Waals surface area contributed by atoms with Crippen LogP contribution in [0.3, 0.4) is 0 Å². The van der Waals surface area contributed by atoms with E-state index in [1.165, 1.54) is 50.5 Å². The molecule has 134 valence electrons. The van der Waals surface area contributed by atoms with Gasteiger partial charge in [0.15, 0.2) is 5.96 Å². The highest BCUT2D eigenvalue weighted by atomic mass is 127. The van der Waals surface area contributed by atoms with Crippen molar-refractivity contribution in [3.05, 3.63) is 29.8 Å². The zero-order valence-electron chi connectivity index (χ0n) is 14.8. The minimum Gasteiger partial charge on any atom is -0.497 e. The molecule has 0 bridgehead atoms. The maximum Gasteiger partial charge on any atom is 0.191 e. The summed E-state index contributed by atoms with van der Waals surface area (Å²) in [5, 5.41) is 0. The SMILES string of the molecule is COc1ccc(C2(CN=C(N)N(C)C3CC3)CCCCC2)cc1.I. The van der Waals surface area contributed by atoms with Crippen LogP contribution in [0.25, 0.3) is 0 Å². The molecule has 0 heterocycles. The largest absolute Gasteiger partial charge is 0.497 e. The van der Waals surface area contributed by atoms with Crippen LogP contribution in [-0.2, 0) is 5.41 Å². The zero-order valence-corrected chi connectivity index (χ0v) is 17.2. The Bertz CT molecular complexity index is 548. The van der Waals surface area contributed by atoms with Gasteiger partial charge in [-0.05, 0) is 43.4 Å². The molecule has 2 saturated carbocycles. The molecule has 3 rings (SSSR count). The Hall–Kier alpha value is -0.980. The van der Waals surface area contributed by atoms with Crippen molar-refractivity contribution in [2.45, 2.75) is 56.4 Å². The van der Waals surface area contributed by atoms with E-state index in [1.54, 1.807) is 7.11 Å². The van der Waals surface area contributed by atoms with Crippen LogP contribution in [-0.4, -0.2) is 37.6 Å². The second-order valence-electron chi connectivity index (χ2n) is 7.09. The monoisotopic (exact) mass is 443 g/mol. The van der Waals surface area contributed by atoms with Gasteiger partial charge in [-0.3, -0.25) is 4.99 Å². The van der Waals surface area contributed by atoms with Crippen LogP contribution >= 0.6 is 24.0 Å². The van der Waals surface area contributed by atoms with Crippen LogP contribution in [0.5, 0.6) is 5.75 Å². The molecule has 0 radical (unpaired) electrons. The molecular weight excluding hydrogens is 413 g/mol. The summed E-state index contributed by atoms with van der Waals surface area (Å²) >= 11 is 0. The average molecular weight is 443 g/mol. The highest BCUT2D eigenvalue weighted by Gasteiger charge is 2.34. The first kappa shape index (κ1) is 19.3. The normalized spacial score (nSPS) is 20.2. The number of benzene rings is 1. The average Bonchev–Trinajstić information content (AvgIpc) is 3.45. The summed E-state index contributed by atoms with van der Waals surface area (Å²) < 4.78 is 5.30. The molecule has 2 N–H and O–H groups in total. The molecule has 0 atom stereocenters. The summed E-state index contributed by atoms with van der Waals surface area (Å²) in [6.07, 6.45) is 8.78. The van der Waals surface area contributed by atoms with E-state index in [-0.39, 0.29) is 29.4 Å². The first-order valence-electron chi connectivity index (χ1n) is 8.82. The molecule has 0 spiro atoms. The van der Waals surface area contributed by atoms with Crippen molar-refractivity contribution in [1.82, 2.24) is 4.90 Å². The second kappa shape index (κ2) is 8.41. The molecule has 0 aromatic heterocycles.